The lowest BCUT2D eigenvalue weighted by molar-refractivity contribution is -0.118. The van der Waals surface area contributed by atoms with E-state index in [4.69, 9.17) is 17.3 Å². The van der Waals surface area contributed by atoms with Gasteiger partial charge in [0.15, 0.2) is 5.15 Å². The Hall–Kier alpha value is -1.55. The van der Waals surface area contributed by atoms with Gasteiger partial charge in [-0.05, 0) is 12.1 Å². The predicted octanol–water partition coefficient (Wildman–Crippen LogP) is 1.18. The van der Waals surface area contributed by atoms with Gasteiger partial charge in [0.2, 0.25) is 5.91 Å². The number of nitrogens with two attached hydrogens (primary N) is 1. The van der Waals surface area contributed by atoms with Gasteiger partial charge in [0.25, 0.3) is 0 Å². The van der Waals surface area contributed by atoms with Gasteiger partial charge in [0, 0.05) is 5.39 Å². The molecule has 1 amide bonds. The average molecular weight is 210 g/mol. The molecule has 1 aromatic carbocycles. The molecule has 14 heavy (non-hydrogen) atoms. The molecule has 0 aliphatic heterocycles. The second kappa shape index (κ2) is 3.31. The maximum absolute atomic E-state index is 10.7. The molecular formula is C9H8ClN3O. The first-order valence-corrected chi connectivity index (χ1v) is 4.45. The van der Waals surface area contributed by atoms with Gasteiger partial charge in [0.05, 0.1) is 5.52 Å². The number of carbonyl (C=O) groups excluding carboxylic acids is 1. The fourth-order valence-electron chi connectivity index (χ4n) is 1.36. The normalized spacial score (nSPS) is 10.6. The summed E-state index contributed by atoms with van der Waals surface area (Å²) in [6.45, 7) is 0.0488. The van der Waals surface area contributed by atoms with Gasteiger partial charge in [-0.1, -0.05) is 23.7 Å². The van der Waals surface area contributed by atoms with Crippen molar-refractivity contribution in [2.45, 2.75) is 6.54 Å². The van der Waals surface area contributed by atoms with Crippen molar-refractivity contribution in [3.63, 3.8) is 0 Å². The Morgan fingerprint density at radius 3 is 2.93 bits per heavy atom. The highest BCUT2D eigenvalue weighted by Gasteiger charge is 2.08. The molecule has 0 fully saturated rings. The number of rotatable bonds is 2. The molecule has 0 spiro atoms. The number of primary amides is 1. The number of nitrogens with zero attached hydrogens (tertiary/aromatic N) is 2. The Morgan fingerprint density at radius 1 is 1.50 bits per heavy atom. The largest absolute Gasteiger partial charge is 0.368 e. The van der Waals surface area contributed by atoms with E-state index in [0.717, 1.165) is 10.9 Å². The molecule has 0 aliphatic rings. The molecule has 1 heterocycles. The van der Waals surface area contributed by atoms with Crippen molar-refractivity contribution in [2.24, 2.45) is 5.73 Å². The monoisotopic (exact) mass is 209 g/mol. The van der Waals surface area contributed by atoms with Crippen LogP contribution in [-0.2, 0) is 11.3 Å². The van der Waals surface area contributed by atoms with E-state index < -0.39 is 5.91 Å². The maximum Gasteiger partial charge on any atom is 0.239 e. The molecule has 0 bridgehead atoms. The Balaban J connectivity index is 2.60. The minimum Gasteiger partial charge on any atom is -0.368 e. The van der Waals surface area contributed by atoms with E-state index in [9.17, 15) is 4.79 Å². The zero-order chi connectivity index (χ0) is 10.1. The molecule has 0 atom stereocenters. The molecule has 2 N–H and O–H groups in total. The Bertz CT molecular complexity index is 492. The van der Waals surface area contributed by atoms with Crippen molar-refractivity contribution >= 4 is 28.4 Å². The quantitative estimate of drug-likeness (QED) is 0.807. The number of benzene rings is 1. The van der Waals surface area contributed by atoms with Crippen molar-refractivity contribution in [3.05, 3.63) is 29.4 Å². The summed E-state index contributed by atoms with van der Waals surface area (Å²) < 4.78 is 1.50. The molecule has 0 unspecified atom stereocenters. The number of fused-ring (bicyclic) bond motifs is 1. The van der Waals surface area contributed by atoms with Gasteiger partial charge in [-0.15, -0.1) is 0 Å². The summed E-state index contributed by atoms with van der Waals surface area (Å²) in [5.41, 5.74) is 5.90. The van der Waals surface area contributed by atoms with E-state index in [2.05, 4.69) is 5.10 Å². The van der Waals surface area contributed by atoms with Gasteiger partial charge in [-0.2, -0.15) is 5.10 Å². The smallest absolute Gasteiger partial charge is 0.239 e. The van der Waals surface area contributed by atoms with Gasteiger partial charge in [-0.3, -0.25) is 9.48 Å². The van der Waals surface area contributed by atoms with E-state index in [1.54, 1.807) is 0 Å². The molecule has 4 nitrogen and oxygen atoms in total. The van der Waals surface area contributed by atoms with Gasteiger partial charge < -0.3 is 5.73 Å². The molecule has 0 aliphatic carbocycles. The van der Waals surface area contributed by atoms with Gasteiger partial charge >= 0.3 is 0 Å². The lowest BCUT2D eigenvalue weighted by atomic mass is 10.2. The highest BCUT2D eigenvalue weighted by molar-refractivity contribution is 6.34. The van der Waals surface area contributed by atoms with Crippen LogP contribution < -0.4 is 5.73 Å². The zero-order valence-corrected chi connectivity index (χ0v) is 8.03. The number of aromatic nitrogens is 2. The molecule has 1 aromatic heterocycles. The van der Waals surface area contributed by atoms with Crippen LogP contribution in [0.15, 0.2) is 24.3 Å². The number of amides is 1. The summed E-state index contributed by atoms with van der Waals surface area (Å²) in [7, 11) is 0. The van der Waals surface area contributed by atoms with Crippen molar-refractivity contribution in [3.8, 4) is 0 Å². The van der Waals surface area contributed by atoms with Gasteiger partial charge in [-0.25, -0.2) is 0 Å². The summed E-state index contributed by atoms with van der Waals surface area (Å²) in [5, 5.41) is 5.23. The fourth-order valence-corrected chi connectivity index (χ4v) is 1.61. The second-order valence-corrected chi connectivity index (χ2v) is 3.29. The van der Waals surface area contributed by atoms with E-state index in [1.165, 1.54) is 4.68 Å². The molecule has 0 saturated heterocycles. The van der Waals surface area contributed by atoms with Crippen LogP contribution >= 0.6 is 11.6 Å². The Kier molecular flexibility index (Phi) is 2.13. The van der Waals surface area contributed by atoms with Crippen LogP contribution in [-0.4, -0.2) is 15.7 Å². The predicted molar refractivity (Wildman–Crippen MR) is 53.9 cm³/mol. The molecule has 5 heteroatoms. The van der Waals surface area contributed by atoms with E-state index >= 15 is 0 Å². The van der Waals surface area contributed by atoms with Crippen molar-refractivity contribution in [1.29, 1.82) is 0 Å². The van der Waals surface area contributed by atoms with E-state index in [0.29, 0.717) is 5.15 Å². The third-order valence-electron chi connectivity index (χ3n) is 1.92. The molecular weight excluding hydrogens is 202 g/mol. The lowest BCUT2D eigenvalue weighted by Crippen LogP contribution is -2.19. The number of carbonyl (C=O) groups is 1. The number of halogens is 1. The van der Waals surface area contributed by atoms with Crippen LogP contribution in [0, 0.1) is 0 Å². The van der Waals surface area contributed by atoms with Crippen molar-refractivity contribution < 1.29 is 4.79 Å². The standard InChI is InChI=1S/C9H8ClN3O/c10-9-6-3-1-2-4-7(6)13(12-9)5-8(11)14/h1-4H,5H2,(H2,11,14). The zero-order valence-electron chi connectivity index (χ0n) is 7.27. The van der Waals surface area contributed by atoms with Crippen molar-refractivity contribution in [2.75, 3.05) is 0 Å². The lowest BCUT2D eigenvalue weighted by Gasteiger charge is -1.97. The minimum absolute atomic E-state index is 0.0488. The fraction of sp³-hybridized carbons (Fsp3) is 0.111. The van der Waals surface area contributed by atoms with Crippen LogP contribution in [0.4, 0.5) is 0 Å². The van der Waals surface area contributed by atoms with Crippen LogP contribution in [0.25, 0.3) is 10.9 Å². The van der Waals surface area contributed by atoms with Crippen LogP contribution in [0.5, 0.6) is 0 Å². The number of para-hydroxylation sites is 1. The second-order valence-electron chi connectivity index (χ2n) is 2.93. The molecule has 72 valence electrons. The minimum atomic E-state index is -0.435. The van der Waals surface area contributed by atoms with Crippen LogP contribution in [0.2, 0.25) is 5.15 Å². The molecule has 0 radical (unpaired) electrons. The first kappa shape index (κ1) is 9.02. The highest BCUT2D eigenvalue weighted by Crippen LogP contribution is 2.21. The highest BCUT2D eigenvalue weighted by atomic mass is 35.5. The number of hydrogen-bond donors (Lipinski definition) is 1. The van der Waals surface area contributed by atoms with Crippen LogP contribution in [0.1, 0.15) is 0 Å². The third-order valence-corrected chi connectivity index (χ3v) is 2.20. The summed E-state index contributed by atoms with van der Waals surface area (Å²) >= 11 is 5.88. The molecule has 0 saturated carbocycles. The number of hydrogen-bond acceptors (Lipinski definition) is 2. The first-order valence-electron chi connectivity index (χ1n) is 4.08. The summed E-state index contributed by atoms with van der Waals surface area (Å²) in [4.78, 5) is 10.7. The average Bonchev–Trinajstić information content (AvgIpc) is 2.44. The third kappa shape index (κ3) is 1.44. The molecule has 2 aromatic rings. The SMILES string of the molecule is NC(=O)Cn1nc(Cl)c2ccccc21. The van der Waals surface area contributed by atoms with E-state index in [-0.39, 0.29) is 6.54 Å². The Labute approximate surface area is 85.3 Å². The summed E-state index contributed by atoms with van der Waals surface area (Å²) in [6, 6.07) is 7.42. The topological polar surface area (TPSA) is 60.9 Å². The molecule has 2 rings (SSSR count). The first-order chi connectivity index (χ1) is 6.68. The Morgan fingerprint density at radius 2 is 2.21 bits per heavy atom. The maximum atomic E-state index is 10.7. The summed E-state index contributed by atoms with van der Waals surface area (Å²) in [6.07, 6.45) is 0. The van der Waals surface area contributed by atoms with Crippen LogP contribution in [0.3, 0.4) is 0 Å². The van der Waals surface area contributed by atoms with Crippen molar-refractivity contribution in [1.82, 2.24) is 9.78 Å². The van der Waals surface area contributed by atoms with E-state index in [1.807, 2.05) is 24.3 Å². The van der Waals surface area contributed by atoms with Gasteiger partial charge in [0.1, 0.15) is 6.54 Å². The summed E-state index contributed by atoms with van der Waals surface area (Å²) in [5.74, 6) is -0.435.